The Morgan fingerprint density at radius 3 is 2.67 bits per heavy atom. The molecule has 0 unspecified atom stereocenters. The molecular weight excluding hydrogens is 292 g/mol. The molecule has 7 heteroatoms. The maximum atomic E-state index is 11.0. The average molecular weight is 307 g/mol. The van der Waals surface area contributed by atoms with Crippen LogP contribution in [0, 0.1) is 17.0 Å². The number of hydrogen-bond acceptors (Lipinski definition) is 5. The van der Waals surface area contributed by atoms with Crippen LogP contribution in [0.4, 0.5) is 23.0 Å². The van der Waals surface area contributed by atoms with Gasteiger partial charge in [-0.15, -0.1) is 0 Å². The van der Waals surface area contributed by atoms with E-state index in [1.54, 1.807) is 6.07 Å². The monoisotopic (exact) mass is 306 g/mol. The van der Waals surface area contributed by atoms with Crippen molar-refractivity contribution >= 4 is 34.6 Å². The molecule has 0 aliphatic heterocycles. The zero-order valence-electron chi connectivity index (χ0n) is 11.7. The smallest absolute Gasteiger partial charge is 0.276 e. The number of pyridine rings is 1. The molecule has 0 atom stereocenters. The van der Waals surface area contributed by atoms with Crippen LogP contribution in [0.3, 0.4) is 0 Å². The minimum atomic E-state index is -0.453. The number of aryl methyl sites for hydroxylation is 1. The van der Waals surface area contributed by atoms with Crippen LogP contribution in [0.1, 0.15) is 12.5 Å². The molecule has 0 saturated carbocycles. The Morgan fingerprint density at radius 1 is 1.29 bits per heavy atom. The summed E-state index contributed by atoms with van der Waals surface area (Å²) < 4.78 is 0. The normalized spacial score (nSPS) is 10.2. The summed E-state index contributed by atoms with van der Waals surface area (Å²) in [6, 6.07) is 8.28. The third kappa shape index (κ3) is 3.82. The van der Waals surface area contributed by atoms with Gasteiger partial charge in [0.15, 0.2) is 0 Å². The van der Waals surface area contributed by atoms with E-state index in [1.165, 1.54) is 12.1 Å². The predicted molar refractivity (Wildman–Crippen MR) is 84.5 cm³/mol. The van der Waals surface area contributed by atoms with E-state index in [4.69, 9.17) is 11.6 Å². The molecule has 0 radical (unpaired) electrons. The lowest BCUT2D eigenvalue weighted by molar-refractivity contribution is -0.384. The standard InChI is InChI=1S/C14H15ClN4O2/c1-3-16-13-7-10(19(20)21)8-14(18-13)17-12-6-9(2)4-5-11(12)15/h4-8H,3H2,1-2H3,(H2,16,17,18). The van der Waals surface area contributed by atoms with Gasteiger partial charge in [0.25, 0.3) is 5.69 Å². The maximum absolute atomic E-state index is 11.0. The largest absolute Gasteiger partial charge is 0.370 e. The van der Waals surface area contributed by atoms with Crippen molar-refractivity contribution in [1.82, 2.24) is 4.98 Å². The first-order valence-corrected chi connectivity index (χ1v) is 6.81. The van der Waals surface area contributed by atoms with E-state index >= 15 is 0 Å². The van der Waals surface area contributed by atoms with E-state index in [-0.39, 0.29) is 5.69 Å². The van der Waals surface area contributed by atoms with Crippen molar-refractivity contribution in [3.05, 3.63) is 51.0 Å². The van der Waals surface area contributed by atoms with Gasteiger partial charge in [0.05, 0.1) is 27.8 Å². The van der Waals surface area contributed by atoms with Crippen molar-refractivity contribution in [2.75, 3.05) is 17.2 Å². The van der Waals surface area contributed by atoms with E-state index in [0.29, 0.717) is 28.9 Å². The molecular formula is C14H15ClN4O2. The molecule has 2 N–H and O–H groups in total. The van der Waals surface area contributed by atoms with Crippen LogP contribution in [-0.2, 0) is 0 Å². The predicted octanol–water partition coefficient (Wildman–Crippen LogP) is 4.13. The summed E-state index contributed by atoms with van der Waals surface area (Å²) in [7, 11) is 0. The van der Waals surface area contributed by atoms with Crippen molar-refractivity contribution in [2.45, 2.75) is 13.8 Å². The molecule has 21 heavy (non-hydrogen) atoms. The molecule has 0 aliphatic carbocycles. The third-order valence-corrected chi connectivity index (χ3v) is 3.09. The first-order chi connectivity index (χ1) is 9.99. The highest BCUT2D eigenvalue weighted by Crippen LogP contribution is 2.28. The van der Waals surface area contributed by atoms with Gasteiger partial charge in [0.1, 0.15) is 11.6 Å². The highest BCUT2D eigenvalue weighted by molar-refractivity contribution is 6.33. The van der Waals surface area contributed by atoms with Crippen LogP contribution in [0.25, 0.3) is 0 Å². The number of nitrogens with one attached hydrogen (secondary N) is 2. The second-order valence-electron chi connectivity index (χ2n) is 4.49. The minimum Gasteiger partial charge on any atom is -0.370 e. The summed E-state index contributed by atoms with van der Waals surface area (Å²) in [6.07, 6.45) is 0. The van der Waals surface area contributed by atoms with Gasteiger partial charge in [-0.25, -0.2) is 4.98 Å². The molecule has 1 aromatic carbocycles. The molecule has 2 rings (SSSR count). The van der Waals surface area contributed by atoms with Crippen molar-refractivity contribution in [2.24, 2.45) is 0 Å². The van der Waals surface area contributed by atoms with Crippen molar-refractivity contribution in [1.29, 1.82) is 0 Å². The highest BCUT2D eigenvalue weighted by Gasteiger charge is 2.12. The average Bonchev–Trinajstić information content (AvgIpc) is 2.43. The summed E-state index contributed by atoms with van der Waals surface area (Å²) in [4.78, 5) is 14.8. The van der Waals surface area contributed by atoms with E-state index in [2.05, 4.69) is 15.6 Å². The van der Waals surface area contributed by atoms with Crippen LogP contribution in [0.5, 0.6) is 0 Å². The number of nitrogens with zero attached hydrogens (tertiary/aromatic N) is 2. The number of halogens is 1. The Morgan fingerprint density at radius 2 is 2.00 bits per heavy atom. The van der Waals surface area contributed by atoms with E-state index in [1.807, 2.05) is 26.0 Å². The molecule has 0 fully saturated rings. The zero-order valence-corrected chi connectivity index (χ0v) is 12.4. The lowest BCUT2D eigenvalue weighted by Crippen LogP contribution is -2.03. The Labute approximate surface area is 127 Å². The molecule has 110 valence electrons. The molecule has 1 heterocycles. The maximum Gasteiger partial charge on any atom is 0.276 e. The molecule has 1 aromatic heterocycles. The van der Waals surface area contributed by atoms with Crippen molar-refractivity contribution in [3.8, 4) is 0 Å². The fourth-order valence-corrected chi connectivity index (χ4v) is 1.99. The van der Waals surface area contributed by atoms with Crippen molar-refractivity contribution < 1.29 is 4.92 Å². The molecule has 0 aliphatic rings. The third-order valence-electron chi connectivity index (χ3n) is 2.76. The van der Waals surface area contributed by atoms with Gasteiger partial charge in [-0.2, -0.15) is 0 Å². The Kier molecular flexibility index (Phi) is 4.59. The fourth-order valence-electron chi connectivity index (χ4n) is 1.83. The van der Waals surface area contributed by atoms with E-state index in [0.717, 1.165) is 5.56 Å². The Bertz CT molecular complexity index is 676. The summed E-state index contributed by atoms with van der Waals surface area (Å²) in [5, 5.41) is 17.5. The number of nitro groups is 1. The number of hydrogen-bond donors (Lipinski definition) is 2. The highest BCUT2D eigenvalue weighted by atomic mass is 35.5. The van der Waals surface area contributed by atoms with Crippen molar-refractivity contribution in [3.63, 3.8) is 0 Å². The molecule has 6 nitrogen and oxygen atoms in total. The molecule has 0 saturated heterocycles. The van der Waals surface area contributed by atoms with Gasteiger partial charge in [-0.3, -0.25) is 10.1 Å². The Hall–Kier alpha value is -2.34. The summed E-state index contributed by atoms with van der Waals surface area (Å²) in [6.45, 7) is 4.45. The number of anilines is 3. The van der Waals surface area contributed by atoms with E-state index in [9.17, 15) is 10.1 Å². The lowest BCUT2D eigenvalue weighted by Gasteiger charge is -2.10. The van der Waals surface area contributed by atoms with Gasteiger partial charge in [0, 0.05) is 6.54 Å². The SMILES string of the molecule is CCNc1cc([N+](=O)[O-])cc(Nc2cc(C)ccc2Cl)n1. The summed E-state index contributed by atoms with van der Waals surface area (Å²) in [5.74, 6) is 0.811. The number of benzene rings is 1. The minimum absolute atomic E-state index is 0.0350. The molecule has 0 amide bonds. The molecule has 0 bridgehead atoms. The second-order valence-corrected chi connectivity index (χ2v) is 4.90. The second kappa shape index (κ2) is 6.41. The van der Waals surface area contributed by atoms with Crippen LogP contribution >= 0.6 is 11.6 Å². The lowest BCUT2D eigenvalue weighted by atomic mass is 10.2. The van der Waals surface area contributed by atoms with Crippen LogP contribution < -0.4 is 10.6 Å². The number of aromatic nitrogens is 1. The van der Waals surface area contributed by atoms with Crippen LogP contribution in [-0.4, -0.2) is 16.5 Å². The first-order valence-electron chi connectivity index (χ1n) is 6.43. The molecule has 0 spiro atoms. The van der Waals surface area contributed by atoms with Gasteiger partial charge in [-0.05, 0) is 31.5 Å². The molecule has 2 aromatic rings. The van der Waals surface area contributed by atoms with Crippen LogP contribution in [0.15, 0.2) is 30.3 Å². The number of rotatable bonds is 5. The Balaban J connectivity index is 2.38. The zero-order chi connectivity index (χ0) is 15.4. The quantitative estimate of drug-likeness (QED) is 0.641. The van der Waals surface area contributed by atoms with Gasteiger partial charge in [0.2, 0.25) is 0 Å². The van der Waals surface area contributed by atoms with Gasteiger partial charge >= 0.3 is 0 Å². The first kappa shape index (κ1) is 15.1. The van der Waals surface area contributed by atoms with E-state index < -0.39 is 4.92 Å². The summed E-state index contributed by atoms with van der Waals surface area (Å²) in [5.41, 5.74) is 1.65. The topological polar surface area (TPSA) is 80.1 Å². The fraction of sp³-hybridized carbons (Fsp3) is 0.214. The van der Waals surface area contributed by atoms with Gasteiger partial charge < -0.3 is 10.6 Å². The van der Waals surface area contributed by atoms with Gasteiger partial charge in [-0.1, -0.05) is 17.7 Å². The summed E-state index contributed by atoms with van der Waals surface area (Å²) >= 11 is 6.11. The van der Waals surface area contributed by atoms with Crippen LogP contribution in [0.2, 0.25) is 5.02 Å².